The van der Waals surface area contributed by atoms with Gasteiger partial charge in [0, 0.05) is 6.04 Å². The summed E-state index contributed by atoms with van der Waals surface area (Å²) in [6.45, 7) is 3.79. The fourth-order valence-corrected chi connectivity index (χ4v) is 2.79. The number of amides is 1. The van der Waals surface area contributed by atoms with Crippen LogP contribution in [-0.2, 0) is 10.2 Å². The Balaban J connectivity index is 2.04. The lowest BCUT2D eigenvalue weighted by Crippen LogP contribution is -2.45. The van der Waals surface area contributed by atoms with E-state index in [1.807, 2.05) is 13.8 Å². The molecular weight excluding hydrogens is 253 g/mol. The first-order valence-electron chi connectivity index (χ1n) is 7.57. The van der Waals surface area contributed by atoms with Gasteiger partial charge in [0.05, 0.1) is 5.41 Å². The third-order valence-corrected chi connectivity index (χ3v) is 4.32. The van der Waals surface area contributed by atoms with Crippen molar-refractivity contribution in [1.29, 1.82) is 0 Å². The lowest BCUT2D eigenvalue weighted by molar-refractivity contribution is -0.126. The summed E-state index contributed by atoms with van der Waals surface area (Å²) in [4.78, 5) is 12.5. The van der Waals surface area contributed by atoms with Crippen LogP contribution in [0.2, 0.25) is 0 Å². The average molecular weight is 277 g/mol. The number of carbonyl (C=O) groups is 1. The zero-order valence-corrected chi connectivity index (χ0v) is 12.4. The molecule has 2 rings (SSSR count). The first kappa shape index (κ1) is 15.0. The van der Waals surface area contributed by atoms with Gasteiger partial charge < -0.3 is 5.32 Å². The smallest absolute Gasteiger partial charge is 0.230 e. The van der Waals surface area contributed by atoms with Gasteiger partial charge >= 0.3 is 0 Å². The van der Waals surface area contributed by atoms with Gasteiger partial charge in [0.1, 0.15) is 5.82 Å². The Hall–Kier alpha value is -1.38. The highest BCUT2D eigenvalue weighted by molar-refractivity contribution is 5.87. The summed E-state index contributed by atoms with van der Waals surface area (Å²) in [7, 11) is 0. The third kappa shape index (κ3) is 3.59. The van der Waals surface area contributed by atoms with E-state index in [0.29, 0.717) is 6.04 Å². The summed E-state index contributed by atoms with van der Waals surface area (Å²) in [6.07, 6.45) is 7.09. The number of benzene rings is 1. The van der Waals surface area contributed by atoms with Crippen molar-refractivity contribution in [2.24, 2.45) is 0 Å². The summed E-state index contributed by atoms with van der Waals surface area (Å²) in [6, 6.07) is 6.51. The van der Waals surface area contributed by atoms with Crippen LogP contribution in [0.1, 0.15) is 57.9 Å². The number of nitrogens with one attached hydrogen (secondary N) is 1. The van der Waals surface area contributed by atoms with E-state index in [0.717, 1.165) is 18.4 Å². The van der Waals surface area contributed by atoms with Gasteiger partial charge in [-0.3, -0.25) is 4.79 Å². The minimum absolute atomic E-state index is 0.0380. The molecule has 0 aliphatic heterocycles. The predicted molar refractivity (Wildman–Crippen MR) is 79.1 cm³/mol. The molecule has 1 aromatic carbocycles. The number of halogens is 1. The Bertz CT molecular complexity index is 445. The normalized spacial score (nSPS) is 17.6. The Labute approximate surface area is 120 Å². The quantitative estimate of drug-likeness (QED) is 0.833. The molecule has 1 saturated carbocycles. The van der Waals surface area contributed by atoms with Gasteiger partial charge in [-0.2, -0.15) is 0 Å². The molecule has 20 heavy (non-hydrogen) atoms. The van der Waals surface area contributed by atoms with Crippen molar-refractivity contribution in [1.82, 2.24) is 5.32 Å². The van der Waals surface area contributed by atoms with Crippen molar-refractivity contribution in [3.63, 3.8) is 0 Å². The van der Waals surface area contributed by atoms with Crippen LogP contribution in [0.4, 0.5) is 4.39 Å². The van der Waals surface area contributed by atoms with Crippen LogP contribution in [0.5, 0.6) is 0 Å². The van der Waals surface area contributed by atoms with Gasteiger partial charge in [-0.25, -0.2) is 4.39 Å². The predicted octanol–water partition coefficient (Wildman–Crippen LogP) is 3.94. The fourth-order valence-electron chi connectivity index (χ4n) is 2.79. The molecule has 0 atom stereocenters. The van der Waals surface area contributed by atoms with Gasteiger partial charge in [-0.1, -0.05) is 37.8 Å². The molecule has 1 fully saturated rings. The van der Waals surface area contributed by atoms with Gasteiger partial charge in [0.25, 0.3) is 0 Å². The molecule has 1 aromatic rings. The molecule has 0 aromatic heterocycles. The molecule has 1 amide bonds. The van der Waals surface area contributed by atoms with Crippen molar-refractivity contribution in [2.75, 3.05) is 0 Å². The summed E-state index contributed by atoms with van der Waals surface area (Å²) < 4.78 is 13.0. The van der Waals surface area contributed by atoms with E-state index in [-0.39, 0.29) is 11.7 Å². The number of carbonyl (C=O) groups excluding carboxylic acids is 1. The maximum atomic E-state index is 13.0. The second kappa shape index (κ2) is 6.38. The number of rotatable bonds is 3. The lowest BCUT2D eigenvalue weighted by atomic mass is 9.83. The molecule has 0 heterocycles. The minimum Gasteiger partial charge on any atom is -0.353 e. The highest BCUT2D eigenvalue weighted by atomic mass is 19.1. The molecule has 0 radical (unpaired) electrons. The maximum absolute atomic E-state index is 13.0. The first-order valence-corrected chi connectivity index (χ1v) is 7.57. The fraction of sp³-hybridized carbons (Fsp3) is 0.588. The standard InChI is InChI=1S/C17H24FNO/c1-17(2,13-9-11-14(18)12-10-13)16(20)19-15-7-5-3-4-6-8-15/h9-12,15H,3-8H2,1-2H3,(H,19,20). The molecule has 2 nitrogen and oxygen atoms in total. The first-order chi connectivity index (χ1) is 9.50. The molecule has 1 aliphatic rings. The Kier molecular flexibility index (Phi) is 4.79. The van der Waals surface area contributed by atoms with Gasteiger partial charge in [-0.05, 0) is 44.4 Å². The monoisotopic (exact) mass is 277 g/mol. The van der Waals surface area contributed by atoms with Crippen molar-refractivity contribution in [2.45, 2.75) is 63.8 Å². The maximum Gasteiger partial charge on any atom is 0.230 e. The molecule has 1 N–H and O–H groups in total. The van der Waals surface area contributed by atoms with Crippen molar-refractivity contribution >= 4 is 5.91 Å². The molecule has 0 bridgehead atoms. The zero-order chi connectivity index (χ0) is 14.6. The summed E-state index contributed by atoms with van der Waals surface area (Å²) in [5, 5.41) is 3.18. The molecule has 1 aliphatic carbocycles. The SMILES string of the molecule is CC(C)(C(=O)NC1CCCCCC1)c1ccc(F)cc1. The van der Waals surface area contributed by atoms with E-state index >= 15 is 0 Å². The van der Waals surface area contributed by atoms with Gasteiger partial charge in [-0.15, -0.1) is 0 Å². The zero-order valence-electron chi connectivity index (χ0n) is 12.4. The number of hydrogen-bond acceptors (Lipinski definition) is 1. The minimum atomic E-state index is -0.625. The van der Waals surface area contributed by atoms with Crippen molar-refractivity contribution in [3.05, 3.63) is 35.6 Å². The van der Waals surface area contributed by atoms with E-state index in [1.165, 1.54) is 37.8 Å². The van der Waals surface area contributed by atoms with Crippen LogP contribution in [0, 0.1) is 5.82 Å². The highest BCUT2D eigenvalue weighted by Crippen LogP contribution is 2.25. The van der Waals surface area contributed by atoms with Crippen LogP contribution in [-0.4, -0.2) is 11.9 Å². The van der Waals surface area contributed by atoms with Gasteiger partial charge in [0.2, 0.25) is 5.91 Å². The molecular formula is C17H24FNO. The van der Waals surface area contributed by atoms with Crippen LogP contribution in [0.15, 0.2) is 24.3 Å². The summed E-state index contributed by atoms with van der Waals surface area (Å²) >= 11 is 0. The van der Waals surface area contributed by atoms with Crippen molar-refractivity contribution < 1.29 is 9.18 Å². The Morgan fingerprint density at radius 3 is 2.20 bits per heavy atom. The molecule has 110 valence electrons. The van der Waals surface area contributed by atoms with E-state index in [2.05, 4.69) is 5.32 Å². The lowest BCUT2D eigenvalue weighted by Gasteiger charge is -2.27. The summed E-state index contributed by atoms with van der Waals surface area (Å²) in [5.74, 6) is -0.232. The van der Waals surface area contributed by atoms with E-state index in [4.69, 9.17) is 0 Å². The van der Waals surface area contributed by atoms with Crippen LogP contribution < -0.4 is 5.32 Å². The van der Waals surface area contributed by atoms with Crippen LogP contribution in [0.25, 0.3) is 0 Å². The van der Waals surface area contributed by atoms with Gasteiger partial charge in [0.15, 0.2) is 0 Å². The molecule has 0 spiro atoms. The summed E-state index contributed by atoms with van der Waals surface area (Å²) in [5.41, 5.74) is 0.227. The van der Waals surface area contributed by atoms with E-state index in [9.17, 15) is 9.18 Å². The van der Waals surface area contributed by atoms with Crippen LogP contribution >= 0.6 is 0 Å². The highest BCUT2D eigenvalue weighted by Gasteiger charge is 2.31. The molecule has 0 saturated heterocycles. The Morgan fingerprint density at radius 1 is 1.10 bits per heavy atom. The van der Waals surface area contributed by atoms with Crippen LogP contribution in [0.3, 0.4) is 0 Å². The van der Waals surface area contributed by atoms with E-state index in [1.54, 1.807) is 12.1 Å². The topological polar surface area (TPSA) is 29.1 Å². The Morgan fingerprint density at radius 2 is 1.65 bits per heavy atom. The number of hydrogen-bond donors (Lipinski definition) is 1. The molecule has 0 unspecified atom stereocenters. The second-order valence-corrected chi connectivity index (χ2v) is 6.29. The largest absolute Gasteiger partial charge is 0.353 e. The average Bonchev–Trinajstić information content (AvgIpc) is 2.68. The van der Waals surface area contributed by atoms with E-state index < -0.39 is 5.41 Å². The molecule has 3 heteroatoms. The second-order valence-electron chi connectivity index (χ2n) is 6.29. The third-order valence-electron chi connectivity index (χ3n) is 4.32. The van der Waals surface area contributed by atoms with Crippen molar-refractivity contribution in [3.8, 4) is 0 Å².